The van der Waals surface area contributed by atoms with E-state index >= 15 is 0 Å². The van der Waals surface area contributed by atoms with E-state index < -0.39 is 0 Å². The van der Waals surface area contributed by atoms with Crippen LogP contribution in [0.5, 0.6) is 0 Å². The number of halogens is 2. The first-order valence-electron chi connectivity index (χ1n) is 11.4. The SMILES string of the molecule is CC(C)N1CCC(NC(=O)c2cc3cc(F)ccc3n2Cc2cc(-c3ccc(Cl)s3)on2)CC1. The Labute approximate surface area is 206 Å². The van der Waals surface area contributed by atoms with Gasteiger partial charge < -0.3 is 19.3 Å². The van der Waals surface area contributed by atoms with Gasteiger partial charge in [0.05, 0.1) is 15.8 Å². The highest BCUT2D eigenvalue weighted by Crippen LogP contribution is 2.32. The van der Waals surface area contributed by atoms with Crippen LogP contribution in [-0.2, 0) is 6.54 Å². The van der Waals surface area contributed by atoms with E-state index in [1.807, 2.05) is 22.8 Å². The standard InChI is InChI=1S/C25H26ClFN4O2S/c1-15(2)30-9-7-18(8-10-30)28-25(32)21-12-16-11-17(27)3-4-20(16)31(21)14-19-13-22(33-29-19)23-5-6-24(26)34-23/h3-6,11-13,15,18H,7-10,14H2,1-2H3,(H,28,32). The molecule has 6 nitrogen and oxygen atoms in total. The third kappa shape index (κ3) is 4.76. The van der Waals surface area contributed by atoms with Crippen LogP contribution in [0.2, 0.25) is 4.34 Å². The number of amides is 1. The second kappa shape index (κ2) is 9.52. The van der Waals surface area contributed by atoms with Crippen molar-refractivity contribution in [2.75, 3.05) is 13.1 Å². The minimum Gasteiger partial charge on any atom is -0.355 e. The molecule has 4 aromatic rings. The molecule has 3 aromatic heterocycles. The first-order valence-corrected chi connectivity index (χ1v) is 12.6. The summed E-state index contributed by atoms with van der Waals surface area (Å²) in [5.41, 5.74) is 1.92. The zero-order chi connectivity index (χ0) is 23.8. The van der Waals surface area contributed by atoms with Gasteiger partial charge in [-0.1, -0.05) is 16.8 Å². The van der Waals surface area contributed by atoms with Gasteiger partial charge in [0.25, 0.3) is 5.91 Å². The minimum atomic E-state index is -0.337. The number of nitrogens with zero attached hydrogens (tertiary/aromatic N) is 3. The van der Waals surface area contributed by atoms with Gasteiger partial charge in [-0.25, -0.2) is 4.39 Å². The van der Waals surface area contributed by atoms with E-state index in [2.05, 4.69) is 29.2 Å². The molecule has 4 heterocycles. The lowest BCUT2D eigenvalue weighted by Gasteiger charge is -2.34. The maximum atomic E-state index is 13.9. The Balaban J connectivity index is 1.40. The molecule has 0 bridgehead atoms. The average molecular weight is 501 g/mol. The molecule has 1 aromatic carbocycles. The van der Waals surface area contributed by atoms with Crippen molar-refractivity contribution in [2.45, 2.75) is 45.3 Å². The number of hydrogen-bond acceptors (Lipinski definition) is 5. The fourth-order valence-corrected chi connectivity index (χ4v) is 5.52. The zero-order valence-corrected chi connectivity index (χ0v) is 20.6. The van der Waals surface area contributed by atoms with Crippen LogP contribution in [0.25, 0.3) is 21.5 Å². The number of fused-ring (bicyclic) bond motifs is 1. The fraction of sp³-hybridized carbons (Fsp3) is 0.360. The monoisotopic (exact) mass is 500 g/mol. The van der Waals surface area contributed by atoms with Crippen LogP contribution in [0.3, 0.4) is 0 Å². The molecule has 9 heteroatoms. The average Bonchev–Trinajstić information content (AvgIpc) is 3.53. The van der Waals surface area contributed by atoms with E-state index in [9.17, 15) is 9.18 Å². The normalized spacial score (nSPS) is 15.4. The third-order valence-corrected chi connectivity index (χ3v) is 7.63. The van der Waals surface area contributed by atoms with Crippen molar-refractivity contribution in [1.82, 2.24) is 19.9 Å². The van der Waals surface area contributed by atoms with Crippen molar-refractivity contribution in [3.63, 3.8) is 0 Å². The number of nitrogens with one attached hydrogen (secondary N) is 1. The molecule has 0 unspecified atom stereocenters. The summed E-state index contributed by atoms with van der Waals surface area (Å²) < 4.78 is 22.0. The number of likely N-dealkylation sites (tertiary alicyclic amines) is 1. The Hall–Kier alpha value is -2.68. The number of piperidine rings is 1. The van der Waals surface area contributed by atoms with Gasteiger partial charge in [-0.05, 0) is 63.1 Å². The van der Waals surface area contributed by atoms with Gasteiger partial charge in [0, 0.05) is 42.1 Å². The van der Waals surface area contributed by atoms with E-state index in [1.165, 1.54) is 23.5 Å². The van der Waals surface area contributed by atoms with E-state index in [4.69, 9.17) is 16.1 Å². The molecule has 0 aliphatic carbocycles. The van der Waals surface area contributed by atoms with Crippen LogP contribution in [0.4, 0.5) is 4.39 Å². The lowest BCUT2D eigenvalue weighted by atomic mass is 10.0. The molecule has 34 heavy (non-hydrogen) atoms. The van der Waals surface area contributed by atoms with Crippen LogP contribution >= 0.6 is 22.9 Å². The van der Waals surface area contributed by atoms with Gasteiger partial charge >= 0.3 is 0 Å². The lowest BCUT2D eigenvalue weighted by Crippen LogP contribution is -2.46. The number of thiophene rings is 1. The quantitative estimate of drug-likeness (QED) is 0.363. The van der Waals surface area contributed by atoms with Crippen molar-refractivity contribution in [3.05, 3.63) is 64.0 Å². The van der Waals surface area contributed by atoms with E-state index in [0.29, 0.717) is 39.5 Å². The Morgan fingerprint density at radius 1 is 1.24 bits per heavy atom. The summed E-state index contributed by atoms with van der Waals surface area (Å²) in [5.74, 6) is 0.127. The predicted molar refractivity (Wildman–Crippen MR) is 133 cm³/mol. The molecule has 0 radical (unpaired) electrons. The highest BCUT2D eigenvalue weighted by atomic mass is 35.5. The molecule has 1 saturated heterocycles. The molecule has 1 aliphatic rings. The Morgan fingerprint density at radius 2 is 2.03 bits per heavy atom. The zero-order valence-electron chi connectivity index (χ0n) is 19.1. The Kier molecular flexibility index (Phi) is 6.46. The van der Waals surface area contributed by atoms with Crippen LogP contribution in [-0.4, -0.2) is 45.7 Å². The summed E-state index contributed by atoms with van der Waals surface area (Å²) in [7, 11) is 0. The molecule has 5 rings (SSSR count). The van der Waals surface area contributed by atoms with Gasteiger partial charge in [-0.15, -0.1) is 11.3 Å². The fourth-order valence-electron chi connectivity index (χ4n) is 4.53. The molecule has 178 valence electrons. The number of carbonyl (C=O) groups is 1. The second-order valence-electron chi connectivity index (χ2n) is 8.98. The summed E-state index contributed by atoms with van der Waals surface area (Å²) in [6, 6.07) is 12.5. The number of aromatic nitrogens is 2. The lowest BCUT2D eigenvalue weighted by molar-refractivity contribution is 0.0892. The van der Waals surface area contributed by atoms with Crippen molar-refractivity contribution in [1.29, 1.82) is 0 Å². The van der Waals surface area contributed by atoms with Crippen molar-refractivity contribution in [2.24, 2.45) is 0 Å². The topological polar surface area (TPSA) is 63.3 Å². The van der Waals surface area contributed by atoms with Gasteiger partial charge in [-0.2, -0.15) is 0 Å². The number of benzene rings is 1. The molecule has 0 spiro atoms. The molecule has 0 saturated carbocycles. The third-order valence-electron chi connectivity index (χ3n) is 6.39. The minimum absolute atomic E-state index is 0.118. The largest absolute Gasteiger partial charge is 0.355 e. The summed E-state index contributed by atoms with van der Waals surface area (Å²) in [4.78, 5) is 16.6. The van der Waals surface area contributed by atoms with Crippen LogP contribution < -0.4 is 5.32 Å². The van der Waals surface area contributed by atoms with Gasteiger partial charge in [0.1, 0.15) is 17.2 Å². The maximum Gasteiger partial charge on any atom is 0.268 e. The van der Waals surface area contributed by atoms with Gasteiger partial charge in [0.2, 0.25) is 0 Å². The highest BCUT2D eigenvalue weighted by Gasteiger charge is 2.25. The van der Waals surface area contributed by atoms with Crippen LogP contribution in [0.15, 0.2) is 47.0 Å². The predicted octanol–water partition coefficient (Wildman–Crippen LogP) is 5.80. The smallest absolute Gasteiger partial charge is 0.268 e. The number of hydrogen-bond donors (Lipinski definition) is 1. The van der Waals surface area contributed by atoms with Crippen LogP contribution in [0.1, 0.15) is 42.9 Å². The Morgan fingerprint density at radius 3 is 2.74 bits per heavy atom. The molecule has 1 aliphatic heterocycles. The molecule has 0 atom stereocenters. The number of rotatable bonds is 6. The molecule has 1 amide bonds. The summed E-state index contributed by atoms with van der Waals surface area (Å²) >= 11 is 7.46. The van der Waals surface area contributed by atoms with Crippen LogP contribution in [0, 0.1) is 5.82 Å². The van der Waals surface area contributed by atoms with Gasteiger partial charge in [0.15, 0.2) is 5.76 Å². The summed E-state index contributed by atoms with van der Waals surface area (Å²) in [5, 5.41) is 8.07. The molecular weight excluding hydrogens is 475 g/mol. The van der Waals surface area contributed by atoms with E-state index in [0.717, 1.165) is 36.3 Å². The first kappa shape index (κ1) is 23.1. The summed E-state index contributed by atoms with van der Waals surface area (Å²) in [6.45, 7) is 6.64. The molecular formula is C25H26ClFN4O2S. The van der Waals surface area contributed by atoms with Crippen molar-refractivity contribution in [3.8, 4) is 10.6 Å². The molecule has 1 fully saturated rings. The summed E-state index contributed by atoms with van der Waals surface area (Å²) in [6.07, 6.45) is 1.82. The maximum absolute atomic E-state index is 13.9. The van der Waals surface area contributed by atoms with E-state index in [-0.39, 0.29) is 17.8 Å². The Bertz CT molecular complexity index is 1320. The van der Waals surface area contributed by atoms with Crippen molar-refractivity contribution < 1.29 is 13.7 Å². The van der Waals surface area contributed by atoms with Crippen molar-refractivity contribution >= 4 is 39.7 Å². The van der Waals surface area contributed by atoms with Gasteiger partial charge in [-0.3, -0.25) is 4.79 Å². The van der Waals surface area contributed by atoms with E-state index in [1.54, 1.807) is 12.1 Å². The number of carbonyl (C=O) groups excluding carboxylic acids is 1. The highest BCUT2D eigenvalue weighted by molar-refractivity contribution is 7.19. The first-order chi connectivity index (χ1) is 16.4. The molecule has 1 N–H and O–H groups in total. The second-order valence-corrected chi connectivity index (χ2v) is 10.7.